The van der Waals surface area contributed by atoms with Crippen molar-refractivity contribution in [2.75, 3.05) is 12.4 Å². The molecule has 8 heteroatoms. The quantitative estimate of drug-likeness (QED) is 0.486. The number of nitrogens with one attached hydrogen (secondary N) is 3. The SMILES string of the molecule is CCCC[C@H](NC(=O)[C@@H](N)C(C)C)C(=O)Nc1ccc(COC(=O)NC)cc1. The zero-order valence-corrected chi connectivity index (χ0v) is 17.1. The molecule has 0 aromatic heterocycles. The smallest absolute Gasteiger partial charge is 0.407 e. The van der Waals surface area contributed by atoms with Crippen molar-refractivity contribution in [3.05, 3.63) is 29.8 Å². The molecule has 0 aliphatic carbocycles. The molecule has 0 spiro atoms. The zero-order valence-electron chi connectivity index (χ0n) is 17.1. The molecule has 2 atom stereocenters. The van der Waals surface area contributed by atoms with E-state index in [2.05, 4.69) is 16.0 Å². The summed E-state index contributed by atoms with van der Waals surface area (Å²) in [5.41, 5.74) is 7.27. The van der Waals surface area contributed by atoms with Gasteiger partial charge in [-0.3, -0.25) is 9.59 Å². The molecule has 0 heterocycles. The van der Waals surface area contributed by atoms with Crippen LogP contribution in [0.25, 0.3) is 0 Å². The van der Waals surface area contributed by atoms with Crippen LogP contribution in [0.3, 0.4) is 0 Å². The highest BCUT2D eigenvalue weighted by molar-refractivity contribution is 5.97. The Kier molecular flexibility index (Phi) is 10.0. The van der Waals surface area contributed by atoms with Gasteiger partial charge < -0.3 is 26.4 Å². The first-order valence-electron chi connectivity index (χ1n) is 9.58. The molecule has 0 aliphatic heterocycles. The van der Waals surface area contributed by atoms with E-state index in [0.717, 1.165) is 18.4 Å². The van der Waals surface area contributed by atoms with Crippen LogP contribution < -0.4 is 21.7 Å². The van der Waals surface area contributed by atoms with Gasteiger partial charge in [-0.15, -0.1) is 0 Å². The molecule has 28 heavy (non-hydrogen) atoms. The Morgan fingerprint density at radius 2 is 1.75 bits per heavy atom. The highest BCUT2D eigenvalue weighted by atomic mass is 16.5. The molecule has 5 N–H and O–H groups in total. The number of benzene rings is 1. The van der Waals surface area contributed by atoms with Crippen molar-refractivity contribution >= 4 is 23.6 Å². The van der Waals surface area contributed by atoms with Gasteiger partial charge in [0.15, 0.2) is 0 Å². The summed E-state index contributed by atoms with van der Waals surface area (Å²) in [6.45, 7) is 5.88. The van der Waals surface area contributed by atoms with Gasteiger partial charge in [0.05, 0.1) is 6.04 Å². The van der Waals surface area contributed by atoms with Crippen molar-refractivity contribution < 1.29 is 19.1 Å². The highest BCUT2D eigenvalue weighted by Gasteiger charge is 2.24. The molecule has 0 saturated heterocycles. The molecule has 1 aromatic rings. The van der Waals surface area contributed by atoms with E-state index in [1.165, 1.54) is 7.05 Å². The molecule has 0 unspecified atom stereocenters. The summed E-state index contributed by atoms with van der Waals surface area (Å²) in [5.74, 6) is -0.625. The Labute approximate surface area is 166 Å². The number of nitrogens with two attached hydrogens (primary N) is 1. The topological polar surface area (TPSA) is 123 Å². The van der Waals surface area contributed by atoms with Crippen molar-refractivity contribution in [1.29, 1.82) is 0 Å². The van der Waals surface area contributed by atoms with Crippen molar-refractivity contribution in [1.82, 2.24) is 10.6 Å². The van der Waals surface area contributed by atoms with Crippen LogP contribution in [0.2, 0.25) is 0 Å². The fraction of sp³-hybridized carbons (Fsp3) is 0.550. The number of anilines is 1. The normalized spacial score (nSPS) is 12.8. The number of hydrogen-bond acceptors (Lipinski definition) is 5. The van der Waals surface area contributed by atoms with Crippen LogP contribution in [0.4, 0.5) is 10.5 Å². The van der Waals surface area contributed by atoms with Gasteiger partial charge in [0, 0.05) is 12.7 Å². The second kappa shape index (κ2) is 12.0. The van der Waals surface area contributed by atoms with Gasteiger partial charge in [0.1, 0.15) is 12.6 Å². The molecule has 0 fully saturated rings. The second-order valence-corrected chi connectivity index (χ2v) is 6.99. The van der Waals surface area contributed by atoms with E-state index in [1.807, 2.05) is 20.8 Å². The van der Waals surface area contributed by atoms with Crippen LogP contribution in [0.1, 0.15) is 45.6 Å². The lowest BCUT2D eigenvalue weighted by molar-refractivity contribution is -0.128. The zero-order chi connectivity index (χ0) is 21.1. The number of carbonyl (C=O) groups is 3. The van der Waals surface area contributed by atoms with Crippen LogP contribution in [-0.2, 0) is 20.9 Å². The Morgan fingerprint density at radius 3 is 2.29 bits per heavy atom. The van der Waals surface area contributed by atoms with E-state index >= 15 is 0 Å². The van der Waals surface area contributed by atoms with Crippen LogP contribution in [0.5, 0.6) is 0 Å². The van der Waals surface area contributed by atoms with Crippen molar-refractivity contribution in [2.45, 2.75) is 58.7 Å². The molecular weight excluding hydrogens is 360 g/mol. The van der Waals surface area contributed by atoms with Crippen LogP contribution in [0, 0.1) is 5.92 Å². The first-order chi connectivity index (χ1) is 13.3. The maximum Gasteiger partial charge on any atom is 0.407 e. The standard InChI is InChI=1S/C20H32N4O4/c1-5-6-7-16(24-19(26)17(21)13(2)3)18(25)23-15-10-8-14(9-11-15)12-28-20(27)22-4/h8-11,13,16-17H,5-7,12,21H2,1-4H3,(H,22,27)(H,23,25)(H,24,26)/t16-,17-/m0/s1. The third-order valence-corrected chi connectivity index (χ3v) is 4.30. The Morgan fingerprint density at radius 1 is 1.11 bits per heavy atom. The predicted molar refractivity (Wildman–Crippen MR) is 109 cm³/mol. The van der Waals surface area contributed by atoms with Crippen LogP contribution in [0.15, 0.2) is 24.3 Å². The minimum absolute atomic E-state index is 0.0144. The van der Waals surface area contributed by atoms with Gasteiger partial charge in [-0.25, -0.2) is 4.79 Å². The molecule has 0 saturated carbocycles. The molecule has 0 bridgehead atoms. The van der Waals surface area contributed by atoms with Gasteiger partial charge >= 0.3 is 6.09 Å². The molecule has 8 nitrogen and oxygen atoms in total. The molecule has 1 rings (SSSR count). The lowest BCUT2D eigenvalue weighted by atomic mass is 10.0. The summed E-state index contributed by atoms with van der Waals surface area (Å²) in [5, 5.41) is 7.95. The van der Waals surface area contributed by atoms with E-state index < -0.39 is 18.2 Å². The lowest BCUT2D eigenvalue weighted by Gasteiger charge is -2.22. The van der Waals surface area contributed by atoms with E-state index in [-0.39, 0.29) is 24.3 Å². The van der Waals surface area contributed by atoms with Crippen molar-refractivity contribution in [2.24, 2.45) is 11.7 Å². The summed E-state index contributed by atoms with van der Waals surface area (Å²) >= 11 is 0. The summed E-state index contributed by atoms with van der Waals surface area (Å²) < 4.78 is 4.97. The van der Waals surface area contributed by atoms with Gasteiger partial charge in [-0.1, -0.05) is 45.7 Å². The number of unbranched alkanes of at least 4 members (excludes halogenated alkanes) is 1. The third kappa shape index (κ3) is 7.96. The second-order valence-electron chi connectivity index (χ2n) is 6.99. The van der Waals surface area contributed by atoms with Gasteiger partial charge in [0.25, 0.3) is 0 Å². The number of hydrogen-bond donors (Lipinski definition) is 4. The van der Waals surface area contributed by atoms with E-state index in [1.54, 1.807) is 24.3 Å². The average molecular weight is 393 g/mol. The predicted octanol–water partition coefficient (Wildman–Crippen LogP) is 2.14. The summed E-state index contributed by atoms with van der Waals surface area (Å²) in [6, 6.07) is 5.66. The van der Waals surface area contributed by atoms with Crippen LogP contribution in [-0.4, -0.2) is 37.0 Å². The maximum absolute atomic E-state index is 12.6. The number of amides is 3. The monoisotopic (exact) mass is 392 g/mol. The summed E-state index contributed by atoms with van der Waals surface area (Å²) in [4.78, 5) is 36.0. The Bertz CT molecular complexity index is 646. The molecular formula is C20H32N4O4. The minimum Gasteiger partial charge on any atom is -0.445 e. The largest absolute Gasteiger partial charge is 0.445 e. The number of alkyl carbamates (subject to hydrolysis) is 1. The number of ether oxygens (including phenoxy) is 1. The first kappa shape index (κ1) is 23.4. The Balaban J connectivity index is 2.70. The summed E-state index contributed by atoms with van der Waals surface area (Å²) in [7, 11) is 1.49. The van der Waals surface area contributed by atoms with Gasteiger partial charge in [-0.05, 0) is 30.0 Å². The molecule has 0 aliphatic rings. The molecule has 1 aromatic carbocycles. The minimum atomic E-state index is -0.656. The van der Waals surface area contributed by atoms with E-state index in [4.69, 9.17) is 10.5 Å². The first-order valence-corrected chi connectivity index (χ1v) is 9.58. The average Bonchev–Trinajstić information content (AvgIpc) is 2.69. The molecule has 156 valence electrons. The number of carbonyl (C=O) groups excluding carboxylic acids is 3. The molecule has 0 radical (unpaired) electrons. The van der Waals surface area contributed by atoms with Crippen molar-refractivity contribution in [3.8, 4) is 0 Å². The van der Waals surface area contributed by atoms with E-state index in [9.17, 15) is 14.4 Å². The fourth-order valence-electron chi connectivity index (χ4n) is 2.38. The van der Waals surface area contributed by atoms with Crippen LogP contribution >= 0.6 is 0 Å². The third-order valence-electron chi connectivity index (χ3n) is 4.30. The summed E-state index contributed by atoms with van der Waals surface area (Å²) in [6.07, 6.45) is 1.75. The maximum atomic E-state index is 12.6. The highest BCUT2D eigenvalue weighted by Crippen LogP contribution is 2.12. The lowest BCUT2D eigenvalue weighted by Crippen LogP contribution is -2.51. The van der Waals surface area contributed by atoms with Crippen molar-refractivity contribution in [3.63, 3.8) is 0 Å². The van der Waals surface area contributed by atoms with E-state index in [0.29, 0.717) is 12.1 Å². The molecule has 3 amide bonds. The van der Waals surface area contributed by atoms with Gasteiger partial charge in [-0.2, -0.15) is 0 Å². The number of rotatable bonds is 10. The fourth-order valence-corrected chi connectivity index (χ4v) is 2.38. The van der Waals surface area contributed by atoms with Gasteiger partial charge in [0.2, 0.25) is 11.8 Å². The Hall–Kier alpha value is -2.61.